The molecule has 0 atom stereocenters. The zero-order chi connectivity index (χ0) is 21.0. The van der Waals surface area contributed by atoms with Crippen LogP contribution in [0.2, 0.25) is 5.02 Å². The molecule has 29 heavy (non-hydrogen) atoms. The Kier molecular flexibility index (Phi) is 6.33. The standard InChI is InChI=1S/C19H18ClN3O5S/c20-16-4-2-1-3-12(16)8-18(25)23-14-7-13-11-22-19(28-6-5-24)10-15(13)17(9-14)29(21,26)27/h1-4,7,9-11,24H,5-6,8H2,(H,23,25)(H2,21,26,27). The zero-order valence-electron chi connectivity index (χ0n) is 15.1. The van der Waals surface area contributed by atoms with Crippen LogP contribution in [0.25, 0.3) is 10.8 Å². The molecule has 1 amide bonds. The SMILES string of the molecule is NS(=O)(=O)c1cc(NC(=O)Cc2ccccc2Cl)cc2cnc(OCCO)cc12. The Morgan fingerprint density at radius 1 is 1.24 bits per heavy atom. The number of carbonyl (C=O) groups excluding carboxylic acids is 1. The van der Waals surface area contributed by atoms with Gasteiger partial charge in [0.1, 0.15) is 6.61 Å². The summed E-state index contributed by atoms with van der Waals surface area (Å²) in [6.45, 7) is -0.197. The molecule has 3 rings (SSSR count). The van der Waals surface area contributed by atoms with Gasteiger partial charge in [0.2, 0.25) is 21.8 Å². The fraction of sp³-hybridized carbons (Fsp3) is 0.158. The monoisotopic (exact) mass is 435 g/mol. The third-order valence-corrected chi connectivity index (χ3v) is 5.33. The van der Waals surface area contributed by atoms with Crippen LogP contribution in [0.5, 0.6) is 5.88 Å². The number of nitrogens with one attached hydrogen (secondary N) is 1. The second-order valence-corrected chi connectivity index (χ2v) is 8.09. The Hall–Kier alpha value is -2.72. The molecular weight excluding hydrogens is 418 g/mol. The molecule has 2 aromatic carbocycles. The van der Waals surface area contributed by atoms with E-state index in [-0.39, 0.29) is 42.0 Å². The first kappa shape index (κ1) is 21.0. The van der Waals surface area contributed by atoms with E-state index in [1.54, 1.807) is 30.3 Å². The lowest BCUT2D eigenvalue weighted by molar-refractivity contribution is -0.115. The summed E-state index contributed by atoms with van der Waals surface area (Å²) in [6.07, 6.45) is 1.43. The van der Waals surface area contributed by atoms with Crippen LogP contribution >= 0.6 is 11.6 Å². The van der Waals surface area contributed by atoms with Gasteiger partial charge in [-0.3, -0.25) is 4.79 Å². The predicted octanol–water partition coefficient (Wildman–Crippen LogP) is 2.09. The number of hydrogen-bond acceptors (Lipinski definition) is 6. The first-order chi connectivity index (χ1) is 13.8. The lowest BCUT2D eigenvalue weighted by Gasteiger charge is -2.12. The second kappa shape index (κ2) is 8.75. The summed E-state index contributed by atoms with van der Waals surface area (Å²) >= 11 is 6.07. The van der Waals surface area contributed by atoms with Crippen LogP contribution in [-0.4, -0.2) is 37.6 Å². The van der Waals surface area contributed by atoms with E-state index in [1.165, 1.54) is 18.3 Å². The van der Waals surface area contributed by atoms with Gasteiger partial charge in [-0.2, -0.15) is 0 Å². The van der Waals surface area contributed by atoms with Gasteiger partial charge in [0.15, 0.2) is 0 Å². The minimum Gasteiger partial charge on any atom is -0.475 e. The maximum atomic E-state index is 12.4. The highest BCUT2D eigenvalue weighted by molar-refractivity contribution is 7.89. The van der Waals surface area contributed by atoms with Crippen LogP contribution in [-0.2, 0) is 21.2 Å². The minimum absolute atomic E-state index is 0.0133. The van der Waals surface area contributed by atoms with Gasteiger partial charge in [-0.25, -0.2) is 18.5 Å². The lowest BCUT2D eigenvalue weighted by atomic mass is 10.1. The van der Waals surface area contributed by atoms with Gasteiger partial charge in [-0.1, -0.05) is 29.8 Å². The van der Waals surface area contributed by atoms with Crippen LogP contribution in [0.15, 0.2) is 53.6 Å². The van der Waals surface area contributed by atoms with Crippen LogP contribution in [0.1, 0.15) is 5.56 Å². The molecule has 1 heterocycles. The maximum Gasteiger partial charge on any atom is 0.238 e. The number of sulfonamides is 1. The molecule has 3 aromatic rings. The topological polar surface area (TPSA) is 132 Å². The Bertz CT molecular complexity index is 1170. The van der Waals surface area contributed by atoms with Crippen molar-refractivity contribution in [2.75, 3.05) is 18.5 Å². The molecule has 8 nitrogen and oxygen atoms in total. The third kappa shape index (κ3) is 5.21. The number of aromatic nitrogens is 1. The highest BCUT2D eigenvalue weighted by Gasteiger charge is 2.17. The molecule has 4 N–H and O–H groups in total. The molecule has 0 bridgehead atoms. The fourth-order valence-electron chi connectivity index (χ4n) is 2.76. The van der Waals surface area contributed by atoms with Crippen molar-refractivity contribution in [3.8, 4) is 5.88 Å². The first-order valence-electron chi connectivity index (χ1n) is 8.51. The van der Waals surface area contributed by atoms with Crippen molar-refractivity contribution in [1.29, 1.82) is 0 Å². The highest BCUT2D eigenvalue weighted by Crippen LogP contribution is 2.29. The number of rotatable bonds is 7. The Morgan fingerprint density at radius 3 is 2.69 bits per heavy atom. The highest BCUT2D eigenvalue weighted by atomic mass is 35.5. The quantitative estimate of drug-likeness (QED) is 0.520. The smallest absolute Gasteiger partial charge is 0.238 e. The number of fused-ring (bicyclic) bond motifs is 1. The van der Waals surface area contributed by atoms with Gasteiger partial charge in [-0.05, 0) is 23.8 Å². The maximum absolute atomic E-state index is 12.4. The molecular formula is C19H18ClN3O5S. The Balaban J connectivity index is 1.94. The lowest BCUT2D eigenvalue weighted by Crippen LogP contribution is -2.17. The number of nitrogens with zero attached hydrogens (tertiary/aromatic N) is 1. The molecule has 152 valence electrons. The van der Waals surface area contributed by atoms with Gasteiger partial charge < -0.3 is 15.2 Å². The van der Waals surface area contributed by atoms with Gasteiger partial charge in [0.25, 0.3) is 0 Å². The third-order valence-electron chi connectivity index (χ3n) is 4.01. The number of aliphatic hydroxyl groups excluding tert-OH is 1. The molecule has 0 saturated carbocycles. The molecule has 0 spiro atoms. The van der Waals surface area contributed by atoms with Crippen LogP contribution in [0.3, 0.4) is 0 Å². The second-order valence-electron chi connectivity index (χ2n) is 6.15. The number of benzene rings is 2. The van der Waals surface area contributed by atoms with Crippen molar-refractivity contribution in [3.63, 3.8) is 0 Å². The van der Waals surface area contributed by atoms with Gasteiger partial charge in [0, 0.05) is 33.7 Å². The van der Waals surface area contributed by atoms with E-state index >= 15 is 0 Å². The number of carbonyl (C=O) groups is 1. The molecule has 0 radical (unpaired) electrons. The summed E-state index contributed by atoms with van der Waals surface area (Å²) in [4.78, 5) is 16.3. The number of aliphatic hydroxyl groups is 1. The molecule has 10 heteroatoms. The average Bonchev–Trinajstić information content (AvgIpc) is 2.66. The minimum atomic E-state index is -4.10. The summed E-state index contributed by atoms with van der Waals surface area (Å²) in [7, 11) is -4.10. The Labute approximate surface area is 172 Å². The van der Waals surface area contributed by atoms with Crippen LogP contribution < -0.4 is 15.2 Å². The Morgan fingerprint density at radius 2 is 2.00 bits per heavy atom. The van der Waals surface area contributed by atoms with E-state index in [9.17, 15) is 13.2 Å². The number of anilines is 1. The van der Waals surface area contributed by atoms with Crippen LogP contribution in [0, 0.1) is 0 Å². The largest absolute Gasteiger partial charge is 0.475 e. The van der Waals surface area contributed by atoms with Crippen molar-refractivity contribution in [3.05, 3.63) is 59.2 Å². The summed E-state index contributed by atoms with van der Waals surface area (Å²) in [5.41, 5.74) is 0.899. The number of halogens is 1. The summed E-state index contributed by atoms with van der Waals surface area (Å²) in [6, 6.07) is 11.2. The van der Waals surface area contributed by atoms with Crippen molar-refractivity contribution in [1.82, 2.24) is 4.98 Å². The van der Waals surface area contributed by atoms with Gasteiger partial charge >= 0.3 is 0 Å². The number of nitrogens with two attached hydrogens (primary N) is 1. The molecule has 0 fully saturated rings. The number of hydrogen-bond donors (Lipinski definition) is 3. The van der Waals surface area contributed by atoms with Crippen molar-refractivity contribution in [2.45, 2.75) is 11.3 Å². The van der Waals surface area contributed by atoms with E-state index in [1.807, 2.05) is 0 Å². The van der Waals surface area contributed by atoms with Crippen molar-refractivity contribution >= 4 is 44.0 Å². The van der Waals surface area contributed by atoms with E-state index in [4.69, 9.17) is 26.6 Å². The summed E-state index contributed by atoms with van der Waals surface area (Å²) in [5.74, 6) is -0.222. The van der Waals surface area contributed by atoms with Crippen LogP contribution in [0.4, 0.5) is 5.69 Å². The number of ether oxygens (including phenoxy) is 1. The van der Waals surface area contributed by atoms with Crippen molar-refractivity contribution < 1.29 is 23.1 Å². The summed E-state index contributed by atoms with van der Waals surface area (Å²) in [5, 5.41) is 18.1. The van der Waals surface area contributed by atoms with Gasteiger partial charge in [-0.15, -0.1) is 0 Å². The number of amides is 1. The van der Waals surface area contributed by atoms with E-state index in [0.29, 0.717) is 21.4 Å². The van der Waals surface area contributed by atoms with Gasteiger partial charge in [0.05, 0.1) is 17.9 Å². The van der Waals surface area contributed by atoms with Crippen molar-refractivity contribution in [2.24, 2.45) is 5.14 Å². The predicted molar refractivity (Wildman–Crippen MR) is 109 cm³/mol. The molecule has 0 aliphatic rings. The van der Waals surface area contributed by atoms with E-state index in [2.05, 4.69) is 10.3 Å². The zero-order valence-corrected chi connectivity index (χ0v) is 16.7. The molecule has 0 aliphatic carbocycles. The molecule has 0 saturated heterocycles. The first-order valence-corrected chi connectivity index (χ1v) is 10.4. The molecule has 0 aliphatic heterocycles. The molecule has 0 unspecified atom stereocenters. The number of primary sulfonamides is 1. The van der Waals surface area contributed by atoms with E-state index < -0.39 is 10.0 Å². The van der Waals surface area contributed by atoms with E-state index in [0.717, 1.165) is 0 Å². The normalized spacial score (nSPS) is 11.4. The fourth-order valence-corrected chi connectivity index (χ4v) is 3.74. The average molecular weight is 436 g/mol. The number of pyridine rings is 1. The molecule has 1 aromatic heterocycles. The summed E-state index contributed by atoms with van der Waals surface area (Å²) < 4.78 is 29.4.